The van der Waals surface area contributed by atoms with Crippen LogP contribution in [0.1, 0.15) is 50.8 Å². The van der Waals surface area contributed by atoms with Crippen molar-refractivity contribution in [2.75, 3.05) is 0 Å². The van der Waals surface area contributed by atoms with E-state index in [-0.39, 0.29) is 23.2 Å². The molecule has 0 unspecified atom stereocenters. The lowest BCUT2D eigenvalue weighted by molar-refractivity contribution is -0.131. The van der Waals surface area contributed by atoms with E-state index in [2.05, 4.69) is 36.6 Å². The molecule has 2 aliphatic rings. The van der Waals surface area contributed by atoms with Gasteiger partial charge >= 0.3 is 5.97 Å². The van der Waals surface area contributed by atoms with Gasteiger partial charge in [0.05, 0.1) is 5.54 Å². The van der Waals surface area contributed by atoms with Gasteiger partial charge in [0.2, 0.25) is 0 Å². The fourth-order valence-corrected chi connectivity index (χ4v) is 4.86. The zero-order valence-electron chi connectivity index (χ0n) is 16.2. The number of ether oxygens (including phenoxy) is 2. The molecular weight excluding hydrogens is 372 g/mol. The van der Waals surface area contributed by atoms with Gasteiger partial charge in [0.25, 0.3) is 0 Å². The van der Waals surface area contributed by atoms with E-state index in [4.69, 9.17) is 21.7 Å². The highest BCUT2D eigenvalue weighted by Gasteiger charge is 2.48. The van der Waals surface area contributed by atoms with E-state index < -0.39 is 0 Å². The van der Waals surface area contributed by atoms with Gasteiger partial charge in [0.1, 0.15) is 17.6 Å². The Labute approximate surface area is 170 Å². The first-order valence-electron chi connectivity index (χ1n) is 9.41. The molecule has 2 heterocycles. The number of carbonyl (C=O) groups excluding carboxylic acids is 1. The zero-order valence-corrected chi connectivity index (χ0v) is 17.1. The monoisotopic (exact) mass is 396 g/mol. The Morgan fingerprint density at radius 1 is 1.18 bits per heavy atom. The lowest BCUT2D eigenvalue weighted by Gasteiger charge is -2.51. The molecule has 0 amide bonds. The zero-order chi connectivity index (χ0) is 19.9. The van der Waals surface area contributed by atoms with Gasteiger partial charge in [-0.15, -0.1) is 0 Å². The molecule has 4 rings (SSSR count). The quantitative estimate of drug-likeness (QED) is 0.455. The smallest absolute Gasteiger partial charge is 0.308 e. The van der Waals surface area contributed by atoms with E-state index in [1.165, 1.54) is 6.92 Å². The molecule has 1 spiro atoms. The maximum atomic E-state index is 11.4. The number of fused-ring (bicyclic) bond motifs is 2. The van der Waals surface area contributed by atoms with E-state index in [1.54, 1.807) is 6.07 Å². The highest BCUT2D eigenvalue weighted by atomic mass is 32.1. The molecule has 5 nitrogen and oxygen atoms in total. The van der Waals surface area contributed by atoms with Crippen molar-refractivity contribution in [3.8, 4) is 11.5 Å². The second-order valence-corrected chi connectivity index (χ2v) is 8.60. The molecule has 2 N–H and O–H groups in total. The first kappa shape index (κ1) is 18.7. The molecule has 28 heavy (non-hydrogen) atoms. The predicted octanol–water partition coefficient (Wildman–Crippen LogP) is 3.98. The molecule has 2 atom stereocenters. The fraction of sp³-hybridized carbons (Fsp3) is 0.364. The fourth-order valence-electron chi connectivity index (χ4n) is 4.38. The van der Waals surface area contributed by atoms with Crippen molar-refractivity contribution >= 4 is 23.3 Å². The van der Waals surface area contributed by atoms with Gasteiger partial charge in [-0.2, -0.15) is 0 Å². The van der Waals surface area contributed by atoms with Gasteiger partial charge in [-0.25, -0.2) is 0 Å². The highest BCUT2D eigenvalue weighted by molar-refractivity contribution is 7.80. The number of benzene rings is 2. The number of hydrogen-bond acceptors (Lipinski definition) is 4. The van der Waals surface area contributed by atoms with Crippen LogP contribution in [0.25, 0.3) is 0 Å². The van der Waals surface area contributed by atoms with Gasteiger partial charge in [0, 0.05) is 30.5 Å². The Balaban J connectivity index is 1.81. The number of carbonyl (C=O) groups is 1. The van der Waals surface area contributed by atoms with Crippen LogP contribution in [-0.2, 0) is 10.3 Å². The second-order valence-electron chi connectivity index (χ2n) is 8.19. The van der Waals surface area contributed by atoms with E-state index in [0.717, 1.165) is 24.0 Å². The molecule has 6 heteroatoms. The summed E-state index contributed by atoms with van der Waals surface area (Å²) in [6.45, 7) is 5.70. The Morgan fingerprint density at radius 2 is 1.93 bits per heavy atom. The van der Waals surface area contributed by atoms with E-state index in [1.807, 2.05) is 30.3 Å². The summed E-state index contributed by atoms with van der Waals surface area (Å²) in [6, 6.07) is 15.8. The van der Waals surface area contributed by atoms with Gasteiger partial charge in [0.15, 0.2) is 5.11 Å². The molecule has 2 aliphatic heterocycles. The van der Waals surface area contributed by atoms with E-state index in [0.29, 0.717) is 16.6 Å². The minimum atomic E-state index is -0.366. The predicted molar refractivity (Wildman–Crippen MR) is 111 cm³/mol. The number of esters is 1. The number of hydrogen-bond donors (Lipinski definition) is 2. The average Bonchev–Trinajstić information content (AvgIpc) is 2.59. The number of nitrogens with one attached hydrogen (secondary N) is 2. The molecule has 0 saturated carbocycles. The van der Waals surface area contributed by atoms with Crippen LogP contribution >= 0.6 is 12.2 Å². The third-order valence-corrected chi connectivity index (χ3v) is 5.46. The number of rotatable bonds is 2. The molecule has 0 aliphatic carbocycles. The highest BCUT2D eigenvalue weighted by Crippen LogP contribution is 2.50. The van der Waals surface area contributed by atoms with Crippen molar-refractivity contribution in [2.45, 2.75) is 50.8 Å². The molecule has 1 fully saturated rings. The average molecular weight is 397 g/mol. The van der Waals surface area contributed by atoms with Gasteiger partial charge < -0.3 is 20.1 Å². The van der Waals surface area contributed by atoms with Crippen LogP contribution < -0.4 is 20.1 Å². The third kappa shape index (κ3) is 3.56. The SMILES string of the molecule is CC(=O)Oc1ccc2c(c1)O[C@H](c1ccccc1)C[C@]21CC(C)(C)NC(=S)N1. The Bertz CT molecular complexity index is 929. The van der Waals surface area contributed by atoms with Crippen LogP contribution in [0.2, 0.25) is 0 Å². The molecule has 2 aromatic rings. The molecule has 2 aromatic carbocycles. The van der Waals surface area contributed by atoms with Gasteiger partial charge in [-0.05, 0) is 50.2 Å². The van der Waals surface area contributed by atoms with Crippen molar-refractivity contribution in [1.29, 1.82) is 0 Å². The summed E-state index contributed by atoms with van der Waals surface area (Å²) < 4.78 is 11.7. The maximum Gasteiger partial charge on any atom is 0.308 e. The largest absolute Gasteiger partial charge is 0.485 e. The normalized spacial score (nSPS) is 25.1. The van der Waals surface area contributed by atoms with Crippen molar-refractivity contribution < 1.29 is 14.3 Å². The van der Waals surface area contributed by atoms with Crippen molar-refractivity contribution in [2.24, 2.45) is 0 Å². The minimum Gasteiger partial charge on any atom is -0.485 e. The van der Waals surface area contributed by atoms with Crippen molar-refractivity contribution in [3.63, 3.8) is 0 Å². The Hall–Kier alpha value is -2.60. The van der Waals surface area contributed by atoms with Gasteiger partial charge in [-0.3, -0.25) is 4.79 Å². The summed E-state index contributed by atoms with van der Waals surface area (Å²) in [4.78, 5) is 11.4. The van der Waals surface area contributed by atoms with Gasteiger partial charge in [-0.1, -0.05) is 30.3 Å². The first-order valence-corrected chi connectivity index (χ1v) is 9.82. The Morgan fingerprint density at radius 3 is 2.61 bits per heavy atom. The summed E-state index contributed by atoms with van der Waals surface area (Å²) in [5.74, 6) is 0.838. The summed E-state index contributed by atoms with van der Waals surface area (Å²) in [7, 11) is 0. The van der Waals surface area contributed by atoms with Crippen LogP contribution in [0.5, 0.6) is 11.5 Å². The number of thiocarbonyl (C=S) groups is 1. The molecule has 0 bridgehead atoms. The minimum absolute atomic E-state index is 0.134. The molecule has 0 radical (unpaired) electrons. The summed E-state index contributed by atoms with van der Waals surface area (Å²) >= 11 is 5.54. The van der Waals surface area contributed by atoms with Crippen LogP contribution in [0, 0.1) is 0 Å². The first-order chi connectivity index (χ1) is 13.3. The van der Waals surface area contributed by atoms with Crippen molar-refractivity contribution in [3.05, 3.63) is 59.7 Å². The van der Waals surface area contributed by atoms with E-state index in [9.17, 15) is 4.79 Å². The molecule has 0 aromatic heterocycles. The van der Waals surface area contributed by atoms with Crippen molar-refractivity contribution in [1.82, 2.24) is 10.6 Å². The standard InChI is InChI=1S/C22H24N2O3S/c1-14(25)26-16-9-10-17-18(11-16)27-19(15-7-5-4-6-8-15)12-22(17)13-21(2,3)23-20(28)24-22/h4-11,19H,12-13H2,1-3H3,(H2,23,24,28)/t19-,22-/m0/s1. The Kier molecular flexibility index (Phi) is 4.54. The second kappa shape index (κ2) is 6.78. The van der Waals surface area contributed by atoms with Crippen LogP contribution in [0.4, 0.5) is 0 Å². The summed E-state index contributed by atoms with van der Waals surface area (Å²) in [6.07, 6.45) is 1.46. The summed E-state index contributed by atoms with van der Waals surface area (Å²) in [5.41, 5.74) is 1.61. The van der Waals surface area contributed by atoms with Crippen LogP contribution in [-0.4, -0.2) is 16.6 Å². The van der Waals surface area contributed by atoms with Crippen LogP contribution in [0.15, 0.2) is 48.5 Å². The summed E-state index contributed by atoms with van der Waals surface area (Å²) in [5, 5.41) is 7.54. The molecule has 146 valence electrons. The lowest BCUT2D eigenvalue weighted by Crippen LogP contribution is -2.65. The topological polar surface area (TPSA) is 59.6 Å². The third-order valence-electron chi connectivity index (χ3n) is 5.25. The van der Waals surface area contributed by atoms with Crippen LogP contribution in [0.3, 0.4) is 0 Å². The van der Waals surface area contributed by atoms with E-state index >= 15 is 0 Å². The maximum absolute atomic E-state index is 11.4. The molecular formula is C22H24N2O3S. The molecule has 1 saturated heterocycles. The lowest BCUT2D eigenvalue weighted by atomic mass is 9.72.